The third kappa shape index (κ3) is 5.85. The highest BCUT2D eigenvalue weighted by Gasteiger charge is 2.12. The molecular formula is C15H26N2. The van der Waals surface area contributed by atoms with Crippen LogP contribution in [0.25, 0.3) is 0 Å². The van der Waals surface area contributed by atoms with Crippen molar-refractivity contribution < 1.29 is 0 Å². The molecule has 0 spiro atoms. The van der Waals surface area contributed by atoms with Gasteiger partial charge in [-0.05, 0) is 38.5 Å². The van der Waals surface area contributed by atoms with E-state index in [0.29, 0.717) is 12.0 Å². The number of nitrogens with zero attached hydrogens (tertiary/aromatic N) is 1. The van der Waals surface area contributed by atoms with Crippen LogP contribution in [0.5, 0.6) is 0 Å². The van der Waals surface area contributed by atoms with Crippen molar-refractivity contribution in [2.24, 2.45) is 5.92 Å². The molecule has 0 saturated heterocycles. The molecule has 0 aromatic heterocycles. The average molecular weight is 234 g/mol. The lowest BCUT2D eigenvalue weighted by Gasteiger charge is -2.25. The van der Waals surface area contributed by atoms with Crippen molar-refractivity contribution >= 4 is 0 Å². The van der Waals surface area contributed by atoms with Gasteiger partial charge in [0.05, 0.1) is 0 Å². The number of nitrogens with one attached hydrogen (secondary N) is 1. The molecule has 2 heteroatoms. The first kappa shape index (κ1) is 14.2. The highest BCUT2D eigenvalue weighted by molar-refractivity contribution is 5.14. The van der Waals surface area contributed by atoms with Gasteiger partial charge in [-0.15, -0.1) is 0 Å². The monoisotopic (exact) mass is 234 g/mol. The summed E-state index contributed by atoms with van der Waals surface area (Å²) in [5, 5.41) is 3.66. The van der Waals surface area contributed by atoms with Crippen molar-refractivity contribution in [2.75, 3.05) is 27.2 Å². The van der Waals surface area contributed by atoms with Gasteiger partial charge < -0.3 is 10.2 Å². The molecule has 17 heavy (non-hydrogen) atoms. The van der Waals surface area contributed by atoms with Gasteiger partial charge in [-0.2, -0.15) is 0 Å². The second-order valence-electron chi connectivity index (χ2n) is 5.30. The fourth-order valence-electron chi connectivity index (χ4n) is 1.95. The standard InChI is InChI=1S/C15H26N2/c1-13(2)15(12-17(3)4)16-11-10-14-8-6-5-7-9-14/h5-9,13,15-16H,10-12H2,1-4H3. The molecule has 2 nitrogen and oxygen atoms in total. The average Bonchev–Trinajstić information content (AvgIpc) is 2.28. The van der Waals surface area contributed by atoms with Crippen molar-refractivity contribution in [2.45, 2.75) is 26.3 Å². The lowest BCUT2D eigenvalue weighted by molar-refractivity contribution is 0.290. The lowest BCUT2D eigenvalue weighted by Crippen LogP contribution is -2.42. The van der Waals surface area contributed by atoms with Crippen LogP contribution in [0.15, 0.2) is 30.3 Å². The molecule has 0 aliphatic carbocycles. The Hall–Kier alpha value is -0.860. The Morgan fingerprint density at radius 2 is 1.76 bits per heavy atom. The van der Waals surface area contributed by atoms with Crippen molar-refractivity contribution in [3.8, 4) is 0 Å². The van der Waals surface area contributed by atoms with Gasteiger partial charge >= 0.3 is 0 Å². The van der Waals surface area contributed by atoms with Crippen LogP contribution in [-0.4, -0.2) is 38.1 Å². The Bertz CT molecular complexity index is 293. The van der Waals surface area contributed by atoms with E-state index >= 15 is 0 Å². The van der Waals surface area contributed by atoms with E-state index < -0.39 is 0 Å². The highest BCUT2D eigenvalue weighted by atomic mass is 15.1. The van der Waals surface area contributed by atoms with E-state index in [2.05, 4.69) is 68.5 Å². The van der Waals surface area contributed by atoms with Crippen LogP contribution in [0.3, 0.4) is 0 Å². The maximum Gasteiger partial charge on any atom is 0.0217 e. The van der Waals surface area contributed by atoms with Gasteiger partial charge in [-0.1, -0.05) is 44.2 Å². The number of rotatable bonds is 7. The first-order valence-corrected chi connectivity index (χ1v) is 6.51. The Balaban J connectivity index is 2.32. The summed E-state index contributed by atoms with van der Waals surface area (Å²) < 4.78 is 0. The molecule has 0 heterocycles. The molecule has 0 fully saturated rings. The second kappa shape index (κ2) is 7.46. The summed E-state index contributed by atoms with van der Waals surface area (Å²) in [6.07, 6.45) is 1.11. The summed E-state index contributed by atoms with van der Waals surface area (Å²) in [5.41, 5.74) is 1.41. The maximum atomic E-state index is 3.66. The Labute approximate surface area is 106 Å². The molecule has 0 aliphatic rings. The number of hydrogen-bond donors (Lipinski definition) is 1. The van der Waals surface area contributed by atoms with Crippen molar-refractivity contribution in [1.82, 2.24) is 10.2 Å². The summed E-state index contributed by atoms with van der Waals surface area (Å²) >= 11 is 0. The smallest absolute Gasteiger partial charge is 0.0217 e. The van der Waals surface area contributed by atoms with E-state index in [9.17, 15) is 0 Å². The largest absolute Gasteiger partial charge is 0.312 e. The second-order valence-corrected chi connectivity index (χ2v) is 5.30. The molecular weight excluding hydrogens is 208 g/mol. The molecule has 0 aliphatic heterocycles. The lowest BCUT2D eigenvalue weighted by atomic mass is 10.0. The van der Waals surface area contributed by atoms with Gasteiger partial charge in [0.1, 0.15) is 0 Å². The SMILES string of the molecule is CC(C)C(CN(C)C)NCCc1ccccc1. The number of likely N-dealkylation sites (N-methyl/N-ethyl adjacent to an activating group) is 1. The molecule has 1 aromatic rings. The molecule has 1 unspecified atom stereocenters. The van der Waals surface area contributed by atoms with Crippen LogP contribution in [0.4, 0.5) is 0 Å². The van der Waals surface area contributed by atoms with Crippen molar-refractivity contribution in [3.05, 3.63) is 35.9 Å². The molecule has 1 aromatic carbocycles. The van der Waals surface area contributed by atoms with Crippen molar-refractivity contribution in [3.63, 3.8) is 0 Å². The minimum absolute atomic E-state index is 0.578. The van der Waals surface area contributed by atoms with E-state index in [1.807, 2.05) is 0 Å². The molecule has 0 radical (unpaired) electrons. The molecule has 1 atom stereocenters. The minimum atomic E-state index is 0.578. The molecule has 1 rings (SSSR count). The molecule has 1 N–H and O–H groups in total. The summed E-state index contributed by atoms with van der Waals surface area (Å²) in [6.45, 7) is 6.72. The predicted molar refractivity (Wildman–Crippen MR) is 75.3 cm³/mol. The molecule has 0 saturated carbocycles. The molecule has 96 valence electrons. The van der Waals surface area contributed by atoms with Gasteiger partial charge in [-0.25, -0.2) is 0 Å². The highest BCUT2D eigenvalue weighted by Crippen LogP contribution is 2.04. The summed E-state index contributed by atoms with van der Waals surface area (Å²) in [5.74, 6) is 0.674. The minimum Gasteiger partial charge on any atom is -0.312 e. The fourth-order valence-corrected chi connectivity index (χ4v) is 1.95. The Morgan fingerprint density at radius 3 is 2.29 bits per heavy atom. The van der Waals surface area contributed by atoms with Gasteiger partial charge in [0.15, 0.2) is 0 Å². The van der Waals surface area contributed by atoms with Gasteiger partial charge in [0, 0.05) is 12.6 Å². The van der Waals surface area contributed by atoms with Gasteiger partial charge in [0.2, 0.25) is 0 Å². The summed E-state index contributed by atoms with van der Waals surface area (Å²) in [6, 6.07) is 11.2. The van der Waals surface area contributed by atoms with Crippen LogP contribution < -0.4 is 5.32 Å². The third-order valence-corrected chi connectivity index (χ3v) is 3.03. The van der Waals surface area contributed by atoms with Crippen LogP contribution >= 0.6 is 0 Å². The number of hydrogen-bond acceptors (Lipinski definition) is 2. The first-order chi connectivity index (χ1) is 8.09. The molecule has 0 amide bonds. The summed E-state index contributed by atoms with van der Waals surface area (Å²) in [4.78, 5) is 2.25. The van der Waals surface area contributed by atoms with Crippen LogP contribution in [0.1, 0.15) is 19.4 Å². The van der Waals surface area contributed by atoms with Gasteiger partial charge in [-0.3, -0.25) is 0 Å². The predicted octanol–water partition coefficient (Wildman–Crippen LogP) is 2.40. The van der Waals surface area contributed by atoms with Crippen molar-refractivity contribution in [1.29, 1.82) is 0 Å². The summed E-state index contributed by atoms with van der Waals surface area (Å²) in [7, 11) is 4.27. The Morgan fingerprint density at radius 1 is 1.12 bits per heavy atom. The normalized spacial score (nSPS) is 13.3. The van der Waals surface area contributed by atoms with Crippen LogP contribution in [0.2, 0.25) is 0 Å². The topological polar surface area (TPSA) is 15.3 Å². The van der Waals surface area contributed by atoms with Crippen LogP contribution in [0, 0.1) is 5.92 Å². The van der Waals surface area contributed by atoms with Gasteiger partial charge in [0.25, 0.3) is 0 Å². The van der Waals surface area contributed by atoms with E-state index in [1.54, 1.807) is 0 Å². The maximum absolute atomic E-state index is 3.66. The quantitative estimate of drug-likeness (QED) is 0.779. The zero-order valence-corrected chi connectivity index (χ0v) is 11.6. The number of benzene rings is 1. The van der Waals surface area contributed by atoms with E-state index in [0.717, 1.165) is 19.5 Å². The molecule has 0 bridgehead atoms. The van der Waals surface area contributed by atoms with E-state index in [4.69, 9.17) is 0 Å². The Kier molecular flexibility index (Phi) is 6.23. The third-order valence-electron chi connectivity index (χ3n) is 3.03. The van der Waals surface area contributed by atoms with E-state index in [1.165, 1.54) is 5.56 Å². The zero-order valence-electron chi connectivity index (χ0n) is 11.6. The van der Waals surface area contributed by atoms with Crippen LogP contribution in [-0.2, 0) is 6.42 Å². The fraction of sp³-hybridized carbons (Fsp3) is 0.600. The zero-order chi connectivity index (χ0) is 12.7. The first-order valence-electron chi connectivity index (χ1n) is 6.51. The van der Waals surface area contributed by atoms with E-state index in [-0.39, 0.29) is 0 Å².